The standard InChI is InChI=1S/C15H20N2O4/c1-19-11(18)8-14-4-6-15(7-5-14,20-9-14)13-16-12(17-21-13)10-2-3-10/h10H,2-9H2,1H3. The molecule has 114 valence electrons. The Balaban J connectivity index is 1.50. The highest BCUT2D eigenvalue weighted by Gasteiger charge is 2.54. The number of aromatic nitrogens is 2. The summed E-state index contributed by atoms with van der Waals surface area (Å²) in [5.74, 6) is 1.81. The molecule has 2 bridgehead atoms. The molecule has 0 aromatic carbocycles. The minimum Gasteiger partial charge on any atom is -0.469 e. The number of hydrogen-bond acceptors (Lipinski definition) is 6. The van der Waals surface area contributed by atoms with Gasteiger partial charge in [-0.1, -0.05) is 5.16 Å². The van der Waals surface area contributed by atoms with Crippen LogP contribution in [-0.2, 0) is 19.9 Å². The summed E-state index contributed by atoms with van der Waals surface area (Å²) < 4.78 is 16.4. The molecule has 2 aliphatic carbocycles. The topological polar surface area (TPSA) is 74.5 Å². The van der Waals surface area contributed by atoms with Crippen LogP contribution in [0, 0.1) is 5.41 Å². The van der Waals surface area contributed by atoms with Crippen LogP contribution in [0.3, 0.4) is 0 Å². The highest BCUT2D eigenvalue weighted by molar-refractivity contribution is 5.70. The molecule has 6 heteroatoms. The molecule has 3 heterocycles. The van der Waals surface area contributed by atoms with E-state index in [1.807, 2.05) is 0 Å². The van der Waals surface area contributed by atoms with Gasteiger partial charge in [0.2, 0.25) is 0 Å². The van der Waals surface area contributed by atoms with Crippen LogP contribution in [0.25, 0.3) is 0 Å². The summed E-state index contributed by atoms with van der Waals surface area (Å²) in [6.45, 7) is 0.573. The summed E-state index contributed by atoms with van der Waals surface area (Å²) in [4.78, 5) is 16.1. The van der Waals surface area contributed by atoms with Crippen LogP contribution in [0.2, 0.25) is 0 Å². The smallest absolute Gasteiger partial charge is 0.306 e. The fraction of sp³-hybridized carbons (Fsp3) is 0.800. The first-order valence-corrected chi connectivity index (χ1v) is 7.70. The first kappa shape index (κ1) is 13.2. The van der Waals surface area contributed by atoms with E-state index >= 15 is 0 Å². The monoisotopic (exact) mass is 292 g/mol. The van der Waals surface area contributed by atoms with Crippen molar-refractivity contribution in [3.63, 3.8) is 0 Å². The zero-order chi connectivity index (χ0) is 14.5. The lowest BCUT2D eigenvalue weighted by atomic mass is 9.64. The molecule has 2 saturated heterocycles. The highest BCUT2D eigenvalue weighted by atomic mass is 16.5. The Kier molecular flexibility index (Phi) is 2.86. The number of ether oxygens (including phenoxy) is 2. The number of methoxy groups -OCH3 is 1. The summed E-state index contributed by atoms with van der Waals surface area (Å²) in [6, 6.07) is 0. The lowest BCUT2D eigenvalue weighted by Crippen LogP contribution is -2.50. The van der Waals surface area contributed by atoms with Crippen LogP contribution in [0.4, 0.5) is 0 Å². The number of carbonyl (C=O) groups excluding carboxylic acids is 1. The molecule has 1 aromatic rings. The maximum absolute atomic E-state index is 11.6. The first-order valence-electron chi connectivity index (χ1n) is 7.70. The number of fused-ring (bicyclic) bond motifs is 3. The minimum atomic E-state index is -0.419. The molecule has 0 N–H and O–H groups in total. The summed E-state index contributed by atoms with van der Waals surface area (Å²) in [5, 5.41) is 4.10. The summed E-state index contributed by atoms with van der Waals surface area (Å²) >= 11 is 0. The van der Waals surface area contributed by atoms with Gasteiger partial charge in [-0.2, -0.15) is 4.98 Å². The van der Waals surface area contributed by atoms with E-state index in [-0.39, 0.29) is 11.4 Å². The molecule has 0 radical (unpaired) electrons. The van der Waals surface area contributed by atoms with Crippen LogP contribution < -0.4 is 0 Å². The van der Waals surface area contributed by atoms with Gasteiger partial charge >= 0.3 is 5.97 Å². The highest BCUT2D eigenvalue weighted by Crippen LogP contribution is 2.55. The summed E-state index contributed by atoms with van der Waals surface area (Å²) in [6.07, 6.45) is 6.35. The van der Waals surface area contributed by atoms with Crippen molar-refractivity contribution in [1.82, 2.24) is 10.1 Å². The Hall–Kier alpha value is -1.43. The predicted molar refractivity (Wildman–Crippen MR) is 71.4 cm³/mol. The van der Waals surface area contributed by atoms with E-state index in [1.165, 1.54) is 7.11 Å². The summed E-state index contributed by atoms with van der Waals surface area (Å²) in [7, 11) is 1.44. The first-order chi connectivity index (χ1) is 10.1. The largest absolute Gasteiger partial charge is 0.469 e. The second kappa shape index (κ2) is 4.53. The lowest BCUT2D eigenvalue weighted by Gasteiger charge is -2.50. The van der Waals surface area contributed by atoms with Crippen LogP contribution in [0.15, 0.2) is 4.52 Å². The lowest BCUT2D eigenvalue weighted by molar-refractivity contribution is -0.206. The predicted octanol–water partition coefficient (Wildman–Crippen LogP) is 2.30. The summed E-state index contributed by atoms with van der Waals surface area (Å²) in [5.41, 5.74) is -0.480. The Morgan fingerprint density at radius 3 is 2.67 bits per heavy atom. The quantitative estimate of drug-likeness (QED) is 0.793. The van der Waals surface area contributed by atoms with Crippen LogP contribution in [0.5, 0.6) is 0 Å². The van der Waals surface area contributed by atoms with Crippen molar-refractivity contribution in [2.45, 2.75) is 56.5 Å². The van der Waals surface area contributed by atoms with Crippen molar-refractivity contribution in [3.05, 3.63) is 11.7 Å². The Bertz CT molecular complexity index is 539. The van der Waals surface area contributed by atoms with Gasteiger partial charge in [-0.3, -0.25) is 4.79 Å². The third kappa shape index (κ3) is 2.16. The molecular weight excluding hydrogens is 272 g/mol. The second-order valence-electron chi connectivity index (χ2n) is 6.77. The van der Waals surface area contributed by atoms with Gasteiger partial charge in [0.15, 0.2) is 5.82 Å². The van der Waals surface area contributed by atoms with Gasteiger partial charge < -0.3 is 14.0 Å². The molecule has 0 amide bonds. The zero-order valence-corrected chi connectivity index (χ0v) is 12.3. The van der Waals surface area contributed by atoms with Gasteiger partial charge in [0.1, 0.15) is 5.60 Å². The van der Waals surface area contributed by atoms with Crippen molar-refractivity contribution in [2.24, 2.45) is 5.41 Å². The fourth-order valence-corrected chi connectivity index (χ4v) is 3.57. The number of carbonyl (C=O) groups is 1. The molecule has 2 aliphatic heterocycles. The van der Waals surface area contributed by atoms with E-state index in [2.05, 4.69) is 10.1 Å². The van der Waals surface area contributed by atoms with Gasteiger partial charge in [-0.15, -0.1) is 0 Å². The number of esters is 1. The minimum absolute atomic E-state index is 0.0613. The molecule has 21 heavy (non-hydrogen) atoms. The van der Waals surface area contributed by atoms with Crippen molar-refractivity contribution in [1.29, 1.82) is 0 Å². The van der Waals surface area contributed by atoms with Crippen molar-refractivity contribution < 1.29 is 18.8 Å². The Labute approximate surface area is 123 Å². The Morgan fingerprint density at radius 1 is 1.33 bits per heavy atom. The van der Waals surface area contributed by atoms with E-state index in [1.54, 1.807) is 0 Å². The van der Waals surface area contributed by atoms with Gasteiger partial charge in [0.25, 0.3) is 5.89 Å². The number of nitrogens with zero attached hydrogens (tertiary/aromatic N) is 2. The van der Waals surface area contributed by atoms with E-state index in [4.69, 9.17) is 14.0 Å². The zero-order valence-electron chi connectivity index (χ0n) is 12.3. The molecule has 1 aromatic heterocycles. The van der Waals surface area contributed by atoms with Gasteiger partial charge in [-0.05, 0) is 38.5 Å². The second-order valence-corrected chi connectivity index (χ2v) is 6.77. The van der Waals surface area contributed by atoms with Crippen molar-refractivity contribution in [3.8, 4) is 0 Å². The molecule has 2 saturated carbocycles. The van der Waals surface area contributed by atoms with E-state index in [0.29, 0.717) is 24.8 Å². The maximum atomic E-state index is 11.6. The normalized spacial score (nSPS) is 34.9. The number of rotatable bonds is 4. The van der Waals surface area contributed by atoms with Gasteiger partial charge in [-0.25, -0.2) is 0 Å². The van der Waals surface area contributed by atoms with Crippen LogP contribution in [-0.4, -0.2) is 29.8 Å². The molecular formula is C15H20N2O4. The van der Waals surface area contributed by atoms with Gasteiger partial charge in [0.05, 0.1) is 20.1 Å². The molecule has 0 atom stereocenters. The molecule has 6 nitrogen and oxygen atoms in total. The van der Waals surface area contributed by atoms with E-state index in [0.717, 1.165) is 44.3 Å². The third-order valence-electron chi connectivity index (χ3n) is 5.29. The average molecular weight is 292 g/mol. The molecule has 0 unspecified atom stereocenters. The molecule has 4 aliphatic rings. The SMILES string of the molecule is COC(=O)CC12CCC(c3nc(C4CC4)no3)(CC1)OC2. The van der Waals surface area contributed by atoms with Crippen LogP contribution in [0.1, 0.15) is 62.6 Å². The third-order valence-corrected chi connectivity index (χ3v) is 5.29. The Morgan fingerprint density at radius 2 is 2.10 bits per heavy atom. The van der Waals surface area contributed by atoms with E-state index in [9.17, 15) is 4.79 Å². The van der Waals surface area contributed by atoms with Crippen molar-refractivity contribution in [2.75, 3.05) is 13.7 Å². The van der Waals surface area contributed by atoms with Crippen LogP contribution >= 0.6 is 0 Å². The van der Waals surface area contributed by atoms with E-state index < -0.39 is 5.60 Å². The maximum Gasteiger partial charge on any atom is 0.306 e. The van der Waals surface area contributed by atoms with Crippen molar-refractivity contribution >= 4 is 5.97 Å². The molecule has 5 rings (SSSR count). The average Bonchev–Trinajstić information content (AvgIpc) is 3.25. The van der Waals surface area contributed by atoms with Gasteiger partial charge in [0, 0.05) is 11.3 Å². The number of hydrogen-bond donors (Lipinski definition) is 0. The molecule has 4 fully saturated rings. The fourth-order valence-electron chi connectivity index (χ4n) is 3.57. The molecule has 0 spiro atoms.